The van der Waals surface area contributed by atoms with Gasteiger partial charge in [0, 0.05) is 16.3 Å². The summed E-state index contributed by atoms with van der Waals surface area (Å²) >= 11 is 3.42. The summed E-state index contributed by atoms with van der Waals surface area (Å²) in [5, 5.41) is 1.04. The highest BCUT2D eigenvalue weighted by atomic mass is 79.9. The Balaban J connectivity index is 2.47. The molecule has 0 saturated carbocycles. The average Bonchev–Trinajstić information content (AvgIpc) is 2.27. The van der Waals surface area contributed by atoms with Crippen molar-refractivity contribution in [2.75, 3.05) is 0 Å². The van der Waals surface area contributed by atoms with Crippen LogP contribution in [-0.4, -0.2) is 10.8 Å². The smallest absolute Gasteiger partial charge is 0.182 e. The van der Waals surface area contributed by atoms with Crippen molar-refractivity contribution < 1.29 is 4.79 Å². The van der Waals surface area contributed by atoms with Gasteiger partial charge < -0.3 is 0 Å². The second-order valence-corrected chi connectivity index (χ2v) is 5.39. The van der Waals surface area contributed by atoms with E-state index in [9.17, 15) is 4.79 Å². The zero-order valence-electron chi connectivity index (χ0n) is 9.90. The van der Waals surface area contributed by atoms with Gasteiger partial charge in [-0.3, -0.25) is 4.79 Å². The van der Waals surface area contributed by atoms with Gasteiger partial charge in [-0.2, -0.15) is 0 Å². The lowest BCUT2D eigenvalue weighted by Crippen LogP contribution is -2.07. The number of para-hydroxylation sites is 1. The molecular weight excluding hydrogens is 278 g/mol. The summed E-state index contributed by atoms with van der Waals surface area (Å²) < 4.78 is 0.779. The number of Topliss-reactive ketones (excluding diaryl/α,β-unsaturated/α-hetero) is 1. The van der Waals surface area contributed by atoms with Crippen molar-refractivity contribution in [1.29, 1.82) is 0 Å². The number of pyridine rings is 1. The predicted molar refractivity (Wildman–Crippen MR) is 73.2 cm³/mol. The van der Waals surface area contributed by atoms with E-state index >= 15 is 0 Å². The van der Waals surface area contributed by atoms with E-state index in [1.807, 2.05) is 44.2 Å². The lowest BCUT2D eigenvalue weighted by atomic mass is 10.0. The van der Waals surface area contributed by atoms with Crippen LogP contribution in [0, 0.1) is 5.92 Å². The minimum atomic E-state index is 0.0950. The number of hydrogen-bond donors (Lipinski definition) is 0. The van der Waals surface area contributed by atoms with E-state index in [0.717, 1.165) is 15.4 Å². The first-order valence-electron chi connectivity index (χ1n) is 5.66. The van der Waals surface area contributed by atoms with E-state index in [-0.39, 0.29) is 5.78 Å². The van der Waals surface area contributed by atoms with Gasteiger partial charge in [0.1, 0.15) is 5.69 Å². The zero-order chi connectivity index (χ0) is 12.4. The standard InChI is InChI=1S/C14H14BrNO/c1-9(2)7-13(17)14-11(15)8-10-5-3-4-6-12(10)16-14/h3-6,8-9H,7H2,1-2H3. The third-order valence-corrected chi connectivity index (χ3v) is 3.14. The highest BCUT2D eigenvalue weighted by molar-refractivity contribution is 9.10. The van der Waals surface area contributed by atoms with Crippen molar-refractivity contribution in [3.63, 3.8) is 0 Å². The minimum Gasteiger partial charge on any atom is -0.292 e. The van der Waals surface area contributed by atoms with Crippen LogP contribution in [0.25, 0.3) is 10.9 Å². The first-order chi connectivity index (χ1) is 8.08. The lowest BCUT2D eigenvalue weighted by molar-refractivity contribution is 0.0962. The number of aromatic nitrogens is 1. The van der Waals surface area contributed by atoms with E-state index in [2.05, 4.69) is 20.9 Å². The maximum Gasteiger partial charge on any atom is 0.182 e. The molecule has 0 N–H and O–H groups in total. The first-order valence-corrected chi connectivity index (χ1v) is 6.45. The fourth-order valence-electron chi connectivity index (χ4n) is 1.75. The Hall–Kier alpha value is -1.22. The largest absolute Gasteiger partial charge is 0.292 e. The number of carbonyl (C=O) groups excluding carboxylic acids is 1. The molecule has 2 rings (SSSR count). The molecule has 0 aliphatic rings. The average molecular weight is 292 g/mol. The van der Waals surface area contributed by atoms with E-state index in [4.69, 9.17) is 0 Å². The molecule has 0 spiro atoms. The van der Waals surface area contributed by atoms with E-state index in [1.54, 1.807) is 0 Å². The second-order valence-electron chi connectivity index (χ2n) is 4.53. The lowest BCUT2D eigenvalue weighted by Gasteiger charge is -2.07. The topological polar surface area (TPSA) is 30.0 Å². The van der Waals surface area contributed by atoms with Crippen LogP contribution in [0.2, 0.25) is 0 Å². The molecule has 1 aromatic carbocycles. The van der Waals surface area contributed by atoms with Gasteiger partial charge in [0.2, 0.25) is 0 Å². The Morgan fingerprint density at radius 3 is 2.76 bits per heavy atom. The third kappa shape index (κ3) is 2.72. The van der Waals surface area contributed by atoms with Crippen LogP contribution in [0.3, 0.4) is 0 Å². The summed E-state index contributed by atoms with van der Waals surface area (Å²) in [4.78, 5) is 16.5. The maximum atomic E-state index is 12.0. The van der Waals surface area contributed by atoms with Crippen molar-refractivity contribution in [3.8, 4) is 0 Å². The van der Waals surface area contributed by atoms with Crippen molar-refractivity contribution in [1.82, 2.24) is 4.98 Å². The number of ketones is 1. The molecule has 0 saturated heterocycles. The summed E-state index contributed by atoms with van der Waals surface area (Å²) in [6, 6.07) is 9.76. The molecule has 0 radical (unpaired) electrons. The van der Waals surface area contributed by atoms with E-state index in [0.29, 0.717) is 18.0 Å². The Morgan fingerprint density at radius 1 is 1.35 bits per heavy atom. The van der Waals surface area contributed by atoms with Crippen LogP contribution in [0.4, 0.5) is 0 Å². The number of carbonyl (C=O) groups is 1. The van der Waals surface area contributed by atoms with Gasteiger partial charge in [0.15, 0.2) is 5.78 Å². The molecule has 0 atom stereocenters. The summed E-state index contributed by atoms with van der Waals surface area (Å²) in [5.74, 6) is 0.445. The number of nitrogens with zero attached hydrogens (tertiary/aromatic N) is 1. The van der Waals surface area contributed by atoms with Crippen LogP contribution in [0.5, 0.6) is 0 Å². The Labute approximate surface area is 109 Å². The molecule has 17 heavy (non-hydrogen) atoms. The van der Waals surface area contributed by atoms with Crippen LogP contribution in [0.1, 0.15) is 30.8 Å². The highest BCUT2D eigenvalue weighted by Crippen LogP contribution is 2.23. The summed E-state index contributed by atoms with van der Waals surface area (Å²) in [7, 11) is 0. The molecule has 1 aromatic heterocycles. The number of fused-ring (bicyclic) bond motifs is 1. The number of rotatable bonds is 3. The molecule has 0 amide bonds. The molecule has 3 heteroatoms. The van der Waals surface area contributed by atoms with Gasteiger partial charge in [-0.05, 0) is 34.0 Å². The fraction of sp³-hybridized carbons (Fsp3) is 0.286. The van der Waals surface area contributed by atoms with Gasteiger partial charge in [-0.25, -0.2) is 4.98 Å². The van der Waals surface area contributed by atoms with Crippen LogP contribution >= 0.6 is 15.9 Å². The maximum absolute atomic E-state index is 12.0. The molecule has 0 bridgehead atoms. The summed E-state index contributed by atoms with van der Waals surface area (Å²) in [6.07, 6.45) is 0.532. The number of hydrogen-bond acceptors (Lipinski definition) is 2. The van der Waals surface area contributed by atoms with E-state index in [1.165, 1.54) is 0 Å². The van der Waals surface area contributed by atoms with Gasteiger partial charge >= 0.3 is 0 Å². The van der Waals surface area contributed by atoms with Crippen molar-refractivity contribution in [2.24, 2.45) is 5.92 Å². The van der Waals surface area contributed by atoms with Crippen molar-refractivity contribution >= 4 is 32.6 Å². The minimum absolute atomic E-state index is 0.0950. The molecule has 0 fully saturated rings. The zero-order valence-corrected chi connectivity index (χ0v) is 11.5. The molecule has 88 valence electrons. The number of halogens is 1. The Morgan fingerprint density at radius 2 is 2.06 bits per heavy atom. The van der Waals surface area contributed by atoms with Gasteiger partial charge in [0.05, 0.1) is 5.52 Å². The summed E-state index contributed by atoms with van der Waals surface area (Å²) in [6.45, 7) is 4.07. The Bertz CT molecular complexity index is 563. The second kappa shape index (κ2) is 4.96. The molecular formula is C14H14BrNO. The SMILES string of the molecule is CC(C)CC(=O)c1nc2ccccc2cc1Br. The first kappa shape index (κ1) is 12.2. The van der Waals surface area contributed by atoms with Gasteiger partial charge in [0.25, 0.3) is 0 Å². The van der Waals surface area contributed by atoms with Crippen LogP contribution in [0.15, 0.2) is 34.8 Å². The molecule has 2 aromatic rings. The molecule has 0 aliphatic heterocycles. The van der Waals surface area contributed by atoms with E-state index < -0.39 is 0 Å². The highest BCUT2D eigenvalue weighted by Gasteiger charge is 2.14. The molecule has 1 heterocycles. The predicted octanol–water partition coefficient (Wildman–Crippen LogP) is 4.23. The monoisotopic (exact) mass is 291 g/mol. The molecule has 0 aliphatic carbocycles. The fourth-order valence-corrected chi connectivity index (χ4v) is 2.31. The molecule has 2 nitrogen and oxygen atoms in total. The van der Waals surface area contributed by atoms with Gasteiger partial charge in [-0.15, -0.1) is 0 Å². The summed E-state index contributed by atoms with van der Waals surface area (Å²) in [5.41, 5.74) is 1.40. The normalized spacial score (nSPS) is 11.1. The van der Waals surface area contributed by atoms with Crippen LogP contribution in [-0.2, 0) is 0 Å². The van der Waals surface area contributed by atoms with Crippen molar-refractivity contribution in [3.05, 3.63) is 40.5 Å². The quantitative estimate of drug-likeness (QED) is 0.792. The number of benzene rings is 1. The Kier molecular flexibility index (Phi) is 3.57. The van der Waals surface area contributed by atoms with Gasteiger partial charge in [-0.1, -0.05) is 32.0 Å². The third-order valence-electron chi connectivity index (χ3n) is 2.54. The van der Waals surface area contributed by atoms with Crippen LogP contribution < -0.4 is 0 Å². The van der Waals surface area contributed by atoms with Crippen molar-refractivity contribution in [2.45, 2.75) is 20.3 Å². The molecule has 0 unspecified atom stereocenters.